The monoisotopic (exact) mass is 331 g/mol. The van der Waals surface area contributed by atoms with Crippen molar-refractivity contribution in [3.63, 3.8) is 0 Å². The molecule has 1 atom stereocenters. The number of nitrogens with zero attached hydrogens (tertiary/aromatic N) is 2. The van der Waals surface area contributed by atoms with Crippen LogP contribution >= 0.6 is 0 Å². The van der Waals surface area contributed by atoms with Gasteiger partial charge in [-0.25, -0.2) is 0 Å². The van der Waals surface area contributed by atoms with Crippen LogP contribution in [0.4, 0.5) is 0 Å². The standard InChI is InChI=1S/C19H29N3O2/c1-4-16(23-12-1)6-10-20-18(21-14-17-5-2-13-24-17)22-11-9-19(15-22)7-3-8-19/h1,4,12,17H,2-3,5-11,13-15H2,(H,20,21). The van der Waals surface area contributed by atoms with E-state index in [9.17, 15) is 0 Å². The SMILES string of the molecule is c1coc(CCNC(=NCC2CCCO2)N2CCC3(CCC3)C2)c1. The highest BCUT2D eigenvalue weighted by Gasteiger charge is 2.43. The molecule has 3 aliphatic rings. The summed E-state index contributed by atoms with van der Waals surface area (Å²) in [5.74, 6) is 2.10. The normalized spacial score (nSPS) is 26.1. The van der Waals surface area contributed by atoms with Gasteiger partial charge >= 0.3 is 0 Å². The van der Waals surface area contributed by atoms with E-state index in [1.54, 1.807) is 6.26 Å². The first kappa shape index (κ1) is 16.0. The highest BCUT2D eigenvalue weighted by molar-refractivity contribution is 5.80. The number of nitrogens with one attached hydrogen (secondary N) is 1. The van der Waals surface area contributed by atoms with E-state index in [2.05, 4.69) is 10.2 Å². The summed E-state index contributed by atoms with van der Waals surface area (Å²) >= 11 is 0. The molecule has 1 N–H and O–H groups in total. The van der Waals surface area contributed by atoms with Crippen LogP contribution in [0, 0.1) is 5.41 Å². The summed E-state index contributed by atoms with van der Waals surface area (Å²) in [5, 5.41) is 3.57. The van der Waals surface area contributed by atoms with Crippen LogP contribution in [0.5, 0.6) is 0 Å². The van der Waals surface area contributed by atoms with Gasteiger partial charge in [0, 0.05) is 32.7 Å². The van der Waals surface area contributed by atoms with Crippen LogP contribution in [0.15, 0.2) is 27.8 Å². The third-order valence-corrected chi connectivity index (χ3v) is 5.86. The summed E-state index contributed by atoms with van der Waals surface area (Å²) in [6.07, 6.45) is 10.8. The molecular weight excluding hydrogens is 302 g/mol. The maximum absolute atomic E-state index is 5.73. The Morgan fingerprint density at radius 2 is 2.29 bits per heavy atom. The molecule has 2 aliphatic heterocycles. The molecule has 5 nitrogen and oxygen atoms in total. The fourth-order valence-electron chi connectivity index (χ4n) is 4.20. The fraction of sp³-hybridized carbons (Fsp3) is 0.737. The van der Waals surface area contributed by atoms with Crippen LogP contribution < -0.4 is 5.32 Å². The van der Waals surface area contributed by atoms with E-state index in [4.69, 9.17) is 14.1 Å². The van der Waals surface area contributed by atoms with Crippen molar-refractivity contribution >= 4 is 5.96 Å². The predicted molar refractivity (Wildman–Crippen MR) is 94.2 cm³/mol. The highest BCUT2D eigenvalue weighted by atomic mass is 16.5. The van der Waals surface area contributed by atoms with Crippen LogP contribution in [0.3, 0.4) is 0 Å². The Labute approximate surface area is 144 Å². The lowest BCUT2D eigenvalue weighted by Gasteiger charge is -2.38. The summed E-state index contributed by atoms with van der Waals surface area (Å²) in [4.78, 5) is 7.37. The van der Waals surface area contributed by atoms with Crippen molar-refractivity contribution in [1.29, 1.82) is 0 Å². The van der Waals surface area contributed by atoms with Gasteiger partial charge in [0.05, 0.1) is 18.9 Å². The molecule has 1 aromatic rings. The van der Waals surface area contributed by atoms with Crippen LogP contribution in [-0.4, -0.2) is 49.7 Å². The zero-order valence-corrected chi connectivity index (χ0v) is 14.5. The van der Waals surface area contributed by atoms with Gasteiger partial charge in [0.25, 0.3) is 0 Å². The smallest absolute Gasteiger partial charge is 0.194 e. The number of furan rings is 1. The molecule has 1 unspecified atom stereocenters. The van der Waals surface area contributed by atoms with Crippen LogP contribution in [-0.2, 0) is 11.2 Å². The number of hydrogen-bond acceptors (Lipinski definition) is 3. The molecule has 0 bridgehead atoms. The second-order valence-electron chi connectivity index (χ2n) is 7.58. The van der Waals surface area contributed by atoms with Gasteiger partial charge in [-0.3, -0.25) is 4.99 Å². The number of ether oxygens (including phenoxy) is 1. The van der Waals surface area contributed by atoms with Gasteiger partial charge in [-0.05, 0) is 49.7 Å². The van der Waals surface area contributed by atoms with Gasteiger partial charge in [0.1, 0.15) is 5.76 Å². The molecule has 4 rings (SSSR count). The molecule has 1 spiro atoms. The number of hydrogen-bond donors (Lipinski definition) is 1. The molecule has 3 heterocycles. The zero-order valence-electron chi connectivity index (χ0n) is 14.5. The van der Waals surface area contributed by atoms with E-state index in [0.717, 1.165) is 50.8 Å². The molecule has 2 saturated heterocycles. The average Bonchev–Trinajstić information content (AvgIpc) is 3.31. The van der Waals surface area contributed by atoms with Crippen LogP contribution in [0.2, 0.25) is 0 Å². The second-order valence-corrected chi connectivity index (χ2v) is 7.58. The van der Waals surface area contributed by atoms with Crippen LogP contribution in [0.1, 0.15) is 44.3 Å². The van der Waals surface area contributed by atoms with Crippen molar-refractivity contribution < 1.29 is 9.15 Å². The third kappa shape index (κ3) is 3.61. The number of rotatable bonds is 5. The Morgan fingerprint density at radius 1 is 1.33 bits per heavy atom. The Hall–Kier alpha value is -1.49. The minimum absolute atomic E-state index is 0.312. The van der Waals surface area contributed by atoms with Crippen LogP contribution in [0.25, 0.3) is 0 Å². The largest absolute Gasteiger partial charge is 0.469 e. The Balaban J connectivity index is 1.35. The Bertz CT molecular complexity index is 545. The molecule has 0 radical (unpaired) electrons. The molecule has 1 aliphatic carbocycles. The van der Waals surface area contributed by atoms with Gasteiger partial charge in [-0.15, -0.1) is 0 Å². The van der Waals surface area contributed by atoms with Crippen molar-refractivity contribution in [2.75, 3.05) is 32.8 Å². The number of aliphatic imine (C=N–C) groups is 1. The van der Waals surface area contributed by atoms with Crippen molar-refractivity contribution in [3.8, 4) is 0 Å². The van der Waals surface area contributed by atoms with Crippen molar-refractivity contribution in [3.05, 3.63) is 24.2 Å². The first-order valence-electron chi connectivity index (χ1n) is 9.50. The minimum Gasteiger partial charge on any atom is -0.469 e. The first-order chi connectivity index (χ1) is 11.8. The Kier molecular flexibility index (Phi) is 4.79. The second kappa shape index (κ2) is 7.18. The average molecular weight is 331 g/mol. The summed E-state index contributed by atoms with van der Waals surface area (Å²) in [7, 11) is 0. The van der Waals surface area contributed by atoms with E-state index >= 15 is 0 Å². The Morgan fingerprint density at radius 3 is 2.96 bits per heavy atom. The molecule has 5 heteroatoms. The third-order valence-electron chi connectivity index (χ3n) is 5.86. The van der Waals surface area contributed by atoms with Gasteiger partial charge in [-0.2, -0.15) is 0 Å². The van der Waals surface area contributed by atoms with Gasteiger partial charge in [0.15, 0.2) is 5.96 Å². The van der Waals surface area contributed by atoms with E-state index in [0.29, 0.717) is 11.5 Å². The lowest BCUT2D eigenvalue weighted by Crippen LogP contribution is -2.43. The number of guanidine groups is 1. The van der Waals surface area contributed by atoms with E-state index in [-0.39, 0.29) is 0 Å². The van der Waals surface area contributed by atoms with Gasteiger partial charge in [-0.1, -0.05) is 6.42 Å². The molecule has 132 valence electrons. The first-order valence-corrected chi connectivity index (χ1v) is 9.50. The van der Waals surface area contributed by atoms with E-state index < -0.39 is 0 Å². The molecule has 1 aromatic heterocycles. The van der Waals surface area contributed by atoms with Gasteiger partial charge in [0.2, 0.25) is 0 Å². The molecular formula is C19H29N3O2. The van der Waals surface area contributed by atoms with Gasteiger partial charge < -0.3 is 19.4 Å². The molecule has 3 fully saturated rings. The maximum atomic E-state index is 5.73. The predicted octanol–water partition coefficient (Wildman–Crippen LogP) is 2.82. The molecule has 1 saturated carbocycles. The molecule has 0 amide bonds. The fourth-order valence-corrected chi connectivity index (χ4v) is 4.20. The lowest BCUT2D eigenvalue weighted by atomic mass is 9.68. The van der Waals surface area contributed by atoms with E-state index in [1.165, 1.54) is 38.6 Å². The quantitative estimate of drug-likeness (QED) is 0.666. The van der Waals surface area contributed by atoms with E-state index in [1.807, 2.05) is 12.1 Å². The van der Waals surface area contributed by atoms with Crippen molar-refractivity contribution in [2.24, 2.45) is 10.4 Å². The maximum Gasteiger partial charge on any atom is 0.194 e. The number of likely N-dealkylation sites (tertiary alicyclic amines) is 1. The minimum atomic E-state index is 0.312. The summed E-state index contributed by atoms with van der Waals surface area (Å²) in [5.41, 5.74) is 0.591. The molecule has 0 aromatic carbocycles. The lowest BCUT2D eigenvalue weighted by molar-refractivity contribution is 0.117. The summed E-state index contributed by atoms with van der Waals surface area (Å²) in [6, 6.07) is 3.98. The van der Waals surface area contributed by atoms with Crippen molar-refractivity contribution in [1.82, 2.24) is 10.2 Å². The topological polar surface area (TPSA) is 50.0 Å². The van der Waals surface area contributed by atoms with Crippen molar-refractivity contribution in [2.45, 2.75) is 51.0 Å². The zero-order chi connectivity index (χ0) is 16.2. The summed E-state index contributed by atoms with van der Waals surface area (Å²) < 4.78 is 11.2. The molecule has 24 heavy (non-hydrogen) atoms. The highest BCUT2D eigenvalue weighted by Crippen LogP contribution is 2.47. The summed E-state index contributed by atoms with van der Waals surface area (Å²) in [6.45, 7) is 4.85.